The standard InChI is InChI=1S/C19H20ClF2N3O/c1-2-24-7-9-25(10-8-24)18-6-3-13(20)11-17(18)23-19(26)15-5-4-14(21)12-16(15)22/h3-6,11-12H,2,7-10H2,1H3,(H,23,26)/p+1. The molecular weight excluding hydrogens is 360 g/mol. The molecule has 2 N–H and O–H groups in total. The Morgan fingerprint density at radius 3 is 2.58 bits per heavy atom. The van der Waals surface area contributed by atoms with Gasteiger partial charge in [-0.15, -0.1) is 0 Å². The van der Waals surface area contributed by atoms with E-state index in [4.69, 9.17) is 11.6 Å². The Morgan fingerprint density at radius 1 is 1.19 bits per heavy atom. The number of nitrogens with zero attached hydrogens (tertiary/aromatic N) is 1. The second-order valence-corrected chi connectivity index (χ2v) is 6.77. The molecule has 1 fully saturated rings. The van der Waals surface area contributed by atoms with E-state index in [0.29, 0.717) is 16.8 Å². The zero-order valence-electron chi connectivity index (χ0n) is 14.5. The second kappa shape index (κ2) is 8.01. The van der Waals surface area contributed by atoms with E-state index in [1.165, 1.54) is 4.90 Å². The lowest BCUT2D eigenvalue weighted by Crippen LogP contribution is -3.14. The van der Waals surface area contributed by atoms with Gasteiger partial charge in [-0.25, -0.2) is 8.78 Å². The molecule has 2 aromatic carbocycles. The summed E-state index contributed by atoms with van der Waals surface area (Å²) in [6, 6.07) is 8.16. The summed E-state index contributed by atoms with van der Waals surface area (Å²) < 4.78 is 26.9. The topological polar surface area (TPSA) is 36.8 Å². The summed E-state index contributed by atoms with van der Waals surface area (Å²) in [6.45, 7) is 6.99. The number of piperazine rings is 1. The number of carbonyl (C=O) groups is 1. The molecule has 4 nitrogen and oxygen atoms in total. The van der Waals surface area contributed by atoms with Gasteiger partial charge in [-0.05, 0) is 37.3 Å². The van der Waals surface area contributed by atoms with Gasteiger partial charge in [-0.3, -0.25) is 4.79 Å². The van der Waals surface area contributed by atoms with Gasteiger partial charge in [-0.1, -0.05) is 11.6 Å². The Bertz CT molecular complexity index is 807. The fourth-order valence-corrected chi connectivity index (χ4v) is 3.34. The number of nitrogens with one attached hydrogen (secondary N) is 2. The molecule has 1 aliphatic rings. The fraction of sp³-hybridized carbons (Fsp3) is 0.316. The quantitative estimate of drug-likeness (QED) is 0.855. The summed E-state index contributed by atoms with van der Waals surface area (Å²) in [4.78, 5) is 16.2. The molecule has 0 radical (unpaired) electrons. The van der Waals surface area contributed by atoms with E-state index in [0.717, 1.165) is 50.5 Å². The zero-order valence-corrected chi connectivity index (χ0v) is 15.2. The summed E-state index contributed by atoms with van der Waals surface area (Å²) in [7, 11) is 0. The molecule has 0 saturated carbocycles. The largest absolute Gasteiger partial charge is 0.359 e. The first kappa shape index (κ1) is 18.6. The van der Waals surface area contributed by atoms with Crippen molar-refractivity contribution in [1.82, 2.24) is 0 Å². The van der Waals surface area contributed by atoms with Crippen LogP contribution in [0.4, 0.5) is 20.2 Å². The first-order valence-electron chi connectivity index (χ1n) is 8.62. The molecule has 1 aliphatic heterocycles. The van der Waals surface area contributed by atoms with Crippen molar-refractivity contribution < 1.29 is 18.5 Å². The summed E-state index contributed by atoms with van der Waals surface area (Å²) >= 11 is 6.09. The number of quaternary nitrogens is 1. The Hall–Kier alpha value is -2.18. The monoisotopic (exact) mass is 380 g/mol. The van der Waals surface area contributed by atoms with Crippen LogP contribution in [0.3, 0.4) is 0 Å². The Labute approximate surface area is 156 Å². The highest BCUT2D eigenvalue weighted by Crippen LogP contribution is 2.30. The van der Waals surface area contributed by atoms with Gasteiger partial charge in [0.1, 0.15) is 11.6 Å². The van der Waals surface area contributed by atoms with Crippen LogP contribution in [0.15, 0.2) is 36.4 Å². The Kier molecular flexibility index (Phi) is 5.74. The predicted molar refractivity (Wildman–Crippen MR) is 99.2 cm³/mol. The number of anilines is 2. The molecule has 2 aromatic rings. The van der Waals surface area contributed by atoms with Crippen molar-refractivity contribution in [2.75, 3.05) is 42.9 Å². The van der Waals surface area contributed by atoms with Crippen molar-refractivity contribution in [1.29, 1.82) is 0 Å². The highest BCUT2D eigenvalue weighted by atomic mass is 35.5. The zero-order chi connectivity index (χ0) is 18.7. The molecular formula is C19H21ClF2N3O+. The molecule has 1 saturated heterocycles. The van der Waals surface area contributed by atoms with E-state index in [1.54, 1.807) is 12.1 Å². The third-order valence-electron chi connectivity index (χ3n) is 4.69. The van der Waals surface area contributed by atoms with Gasteiger partial charge >= 0.3 is 0 Å². The van der Waals surface area contributed by atoms with Gasteiger partial charge in [0.05, 0.1) is 49.7 Å². The predicted octanol–water partition coefficient (Wildman–Crippen LogP) is 2.60. The summed E-state index contributed by atoms with van der Waals surface area (Å²) in [6.07, 6.45) is 0. The number of hydrogen-bond acceptors (Lipinski definition) is 2. The number of likely N-dealkylation sites (N-methyl/N-ethyl adjacent to an activating group) is 1. The van der Waals surface area contributed by atoms with Crippen LogP contribution in [0.1, 0.15) is 17.3 Å². The van der Waals surface area contributed by atoms with E-state index in [-0.39, 0.29) is 5.56 Å². The van der Waals surface area contributed by atoms with Gasteiger partial charge in [0.25, 0.3) is 5.91 Å². The van der Waals surface area contributed by atoms with Gasteiger partial charge in [-0.2, -0.15) is 0 Å². The number of hydrogen-bond donors (Lipinski definition) is 2. The lowest BCUT2D eigenvalue weighted by molar-refractivity contribution is -0.898. The number of halogens is 3. The minimum absolute atomic E-state index is 0.211. The molecule has 1 amide bonds. The molecule has 0 atom stereocenters. The first-order chi connectivity index (χ1) is 12.5. The number of benzene rings is 2. The highest BCUT2D eigenvalue weighted by Gasteiger charge is 2.22. The first-order valence-corrected chi connectivity index (χ1v) is 9.00. The van der Waals surface area contributed by atoms with Crippen molar-refractivity contribution in [2.24, 2.45) is 0 Å². The summed E-state index contributed by atoms with van der Waals surface area (Å²) in [5.74, 6) is -2.26. The van der Waals surface area contributed by atoms with E-state index in [9.17, 15) is 13.6 Å². The highest BCUT2D eigenvalue weighted by molar-refractivity contribution is 6.31. The van der Waals surface area contributed by atoms with Crippen LogP contribution in [-0.2, 0) is 0 Å². The van der Waals surface area contributed by atoms with Crippen molar-refractivity contribution >= 4 is 28.9 Å². The van der Waals surface area contributed by atoms with Crippen molar-refractivity contribution in [3.63, 3.8) is 0 Å². The minimum atomic E-state index is -0.897. The molecule has 0 aliphatic carbocycles. The number of rotatable bonds is 4. The summed E-state index contributed by atoms with van der Waals surface area (Å²) in [5, 5.41) is 3.19. The molecule has 26 heavy (non-hydrogen) atoms. The van der Waals surface area contributed by atoms with Crippen LogP contribution in [0.25, 0.3) is 0 Å². The fourth-order valence-electron chi connectivity index (χ4n) is 3.16. The smallest absolute Gasteiger partial charge is 0.258 e. The molecule has 0 aromatic heterocycles. The average Bonchev–Trinajstić information content (AvgIpc) is 2.62. The van der Waals surface area contributed by atoms with Crippen LogP contribution in [-0.4, -0.2) is 38.6 Å². The Balaban J connectivity index is 1.83. The van der Waals surface area contributed by atoms with Crippen LogP contribution in [0.2, 0.25) is 5.02 Å². The minimum Gasteiger partial charge on any atom is -0.359 e. The van der Waals surface area contributed by atoms with E-state index in [1.807, 2.05) is 6.07 Å². The lowest BCUT2D eigenvalue weighted by Gasteiger charge is -2.34. The molecule has 7 heteroatoms. The van der Waals surface area contributed by atoms with E-state index in [2.05, 4.69) is 17.1 Å². The second-order valence-electron chi connectivity index (χ2n) is 6.33. The molecule has 1 heterocycles. The molecule has 3 rings (SSSR count). The SMILES string of the molecule is CC[NH+]1CCN(c2ccc(Cl)cc2NC(=O)c2ccc(F)cc2F)CC1. The van der Waals surface area contributed by atoms with Gasteiger partial charge < -0.3 is 15.1 Å². The van der Waals surface area contributed by atoms with Crippen molar-refractivity contribution in [3.8, 4) is 0 Å². The maximum atomic E-state index is 13.9. The van der Waals surface area contributed by atoms with Gasteiger partial charge in [0.2, 0.25) is 0 Å². The lowest BCUT2D eigenvalue weighted by atomic mass is 10.1. The van der Waals surface area contributed by atoms with E-state index < -0.39 is 17.5 Å². The molecule has 138 valence electrons. The number of carbonyl (C=O) groups excluding carboxylic acids is 1. The van der Waals surface area contributed by atoms with Gasteiger partial charge in [0.15, 0.2) is 0 Å². The third kappa shape index (κ3) is 4.14. The molecule has 0 bridgehead atoms. The molecule has 0 spiro atoms. The maximum Gasteiger partial charge on any atom is 0.258 e. The molecule has 0 unspecified atom stereocenters. The third-order valence-corrected chi connectivity index (χ3v) is 4.93. The number of amides is 1. The maximum absolute atomic E-state index is 13.9. The van der Waals surface area contributed by atoms with Crippen LogP contribution >= 0.6 is 11.6 Å². The average molecular weight is 381 g/mol. The van der Waals surface area contributed by atoms with Crippen LogP contribution < -0.4 is 15.1 Å². The summed E-state index contributed by atoms with van der Waals surface area (Å²) in [5.41, 5.74) is 1.16. The van der Waals surface area contributed by atoms with Crippen molar-refractivity contribution in [2.45, 2.75) is 6.92 Å². The Morgan fingerprint density at radius 2 is 1.92 bits per heavy atom. The van der Waals surface area contributed by atoms with Gasteiger partial charge in [0, 0.05) is 11.1 Å². The van der Waals surface area contributed by atoms with E-state index >= 15 is 0 Å². The van der Waals surface area contributed by atoms with Crippen LogP contribution in [0.5, 0.6) is 0 Å². The van der Waals surface area contributed by atoms with Crippen molar-refractivity contribution in [3.05, 3.63) is 58.6 Å². The normalized spacial score (nSPS) is 15.2. The van der Waals surface area contributed by atoms with Crippen LogP contribution in [0, 0.1) is 11.6 Å².